The number of hydrogen-bond acceptors (Lipinski definition) is 7. The zero-order valence-electron chi connectivity index (χ0n) is 12.6. The number of nitro groups is 1. The van der Waals surface area contributed by atoms with Gasteiger partial charge in [-0.1, -0.05) is 0 Å². The molecule has 122 valence electrons. The van der Waals surface area contributed by atoms with Gasteiger partial charge in [-0.15, -0.1) is 0 Å². The summed E-state index contributed by atoms with van der Waals surface area (Å²) in [6.45, 7) is 0. The second-order valence-corrected chi connectivity index (χ2v) is 4.93. The highest BCUT2D eigenvalue weighted by atomic mass is 16.6. The van der Waals surface area contributed by atoms with E-state index in [1.165, 1.54) is 26.4 Å². The van der Waals surface area contributed by atoms with E-state index < -0.39 is 4.92 Å². The minimum absolute atomic E-state index is 0.0233. The Hall–Kier alpha value is -3.03. The van der Waals surface area contributed by atoms with Crippen LogP contribution in [0.2, 0.25) is 0 Å². The molecule has 1 aliphatic carbocycles. The monoisotopic (exact) mass is 320 g/mol. The summed E-state index contributed by atoms with van der Waals surface area (Å²) in [7, 11) is 2.85. The number of ether oxygens (including phenoxy) is 2. The van der Waals surface area contributed by atoms with Crippen LogP contribution in [0.25, 0.3) is 0 Å². The molecule has 0 unspecified atom stereocenters. The summed E-state index contributed by atoms with van der Waals surface area (Å²) < 4.78 is 10.2. The fraction of sp³-hybridized carbons (Fsp3) is 0.267. The number of aliphatic hydroxyl groups excluding tert-OH is 1. The van der Waals surface area contributed by atoms with Gasteiger partial charge in [-0.2, -0.15) is 0 Å². The van der Waals surface area contributed by atoms with Crippen molar-refractivity contribution in [3.05, 3.63) is 50.9 Å². The Labute approximate surface area is 131 Å². The number of rotatable bonds is 5. The number of hydrogen-bond donors (Lipinski definition) is 3. The summed E-state index contributed by atoms with van der Waals surface area (Å²) in [5.74, 6) is 0.247. The molecule has 1 aromatic carbocycles. The third kappa shape index (κ3) is 3.25. The van der Waals surface area contributed by atoms with Crippen LogP contribution in [0, 0.1) is 15.5 Å². The number of nitrogens with one attached hydrogen (secondary N) is 1. The topological polar surface area (TPSA) is 126 Å². The van der Waals surface area contributed by atoms with Gasteiger partial charge in [0.1, 0.15) is 23.0 Å². The third-order valence-corrected chi connectivity index (χ3v) is 3.51. The van der Waals surface area contributed by atoms with Crippen molar-refractivity contribution in [3.8, 4) is 17.2 Å². The molecule has 0 saturated heterocycles. The average molecular weight is 320 g/mol. The number of phenolic OH excluding ortho intramolecular Hbond substituents is 1. The normalized spacial score (nSPS) is 14.5. The van der Waals surface area contributed by atoms with Crippen molar-refractivity contribution in [2.24, 2.45) is 0 Å². The zero-order chi connectivity index (χ0) is 17.1. The molecule has 1 aliphatic rings. The summed E-state index contributed by atoms with van der Waals surface area (Å²) in [5, 5.41) is 38.7. The summed E-state index contributed by atoms with van der Waals surface area (Å²) >= 11 is 0. The molecule has 8 nitrogen and oxygen atoms in total. The highest BCUT2D eigenvalue weighted by Gasteiger charge is 2.26. The molecule has 0 fully saturated rings. The van der Waals surface area contributed by atoms with E-state index in [-0.39, 0.29) is 41.3 Å². The second-order valence-electron chi connectivity index (χ2n) is 4.93. The first-order valence-electron chi connectivity index (χ1n) is 6.66. The van der Waals surface area contributed by atoms with Crippen LogP contribution in [0.5, 0.6) is 17.2 Å². The van der Waals surface area contributed by atoms with Gasteiger partial charge < -0.3 is 25.1 Å². The summed E-state index contributed by atoms with van der Waals surface area (Å²) in [4.78, 5) is 10.3. The fourth-order valence-electron chi connectivity index (χ4n) is 2.31. The van der Waals surface area contributed by atoms with Gasteiger partial charge in [0.25, 0.3) is 5.70 Å². The number of methoxy groups -OCH3 is 2. The first kappa shape index (κ1) is 16.3. The molecule has 0 bridgehead atoms. The lowest BCUT2D eigenvalue weighted by molar-refractivity contribution is -0.426. The van der Waals surface area contributed by atoms with E-state index in [1.54, 1.807) is 6.07 Å². The van der Waals surface area contributed by atoms with Gasteiger partial charge in [0.15, 0.2) is 0 Å². The Kier molecular flexibility index (Phi) is 4.54. The van der Waals surface area contributed by atoms with Crippen molar-refractivity contribution >= 4 is 5.71 Å². The van der Waals surface area contributed by atoms with E-state index in [0.29, 0.717) is 17.1 Å². The van der Waals surface area contributed by atoms with Crippen LogP contribution < -0.4 is 9.47 Å². The van der Waals surface area contributed by atoms with Crippen LogP contribution in [0.15, 0.2) is 35.2 Å². The lowest BCUT2D eigenvalue weighted by Crippen LogP contribution is -2.16. The van der Waals surface area contributed by atoms with Gasteiger partial charge in [0.2, 0.25) is 0 Å². The average Bonchev–Trinajstić information content (AvgIpc) is 2.52. The van der Waals surface area contributed by atoms with Crippen LogP contribution in [0.3, 0.4) is 0 Å². The number of aliphatic hydroxyl groups is 1. The molecule has 0 spiro atoms. The lowest BCUT2D eigenvalue weighted by atomic mass is 9.94. The maximum absolute atomic E-state index is 10.9. The Bertz CT molecular complexity index is 736. The molecule has 0 heterocycles. The third-order valence-electron chi connectivity index (χ3n) is 3.51. The van der Waals surface area contributed by atoms with Crippen molar-refractivity contribution < 1.29 is 24.6 Å². The number of benzene rings is 1. The molecule has 0 aliphatic heterocycles. The van der Waals surface area contributed by atoms with E-state index in [9.17, 15) is 20.3 Å². The molecule has 0 saturated carbocycles. The van der Waals surface area contributed by atoms with Gasteiger partial charge in [-0.05, 0) is 0 Å². The molecule has 2 rings (SSSR count). The quantitative estimate of drug-likeness (QED) is 0.564. The summed E-state index contributed by atoms with van der Waals surface area (Å²) in [6.07, 6.45) is 0.953. The molecule has 0 atom stereocenters. The second kappa shape index (κ2) is 6.39. The smallest absolute Gasteiger partial charge is 0.252 e. The van der Waals surface area contributed by atoms with Crippen molar-refractivity contribution in [3.63, 3.8) is 0 Å². The molecule has 8 heteroatoms. The van der Waals surface area contributed by atoms with E-state index in [1.807, 2.05) is 0 Å². The first-order valence-corrected chi connectivity index (χ1v) is 6.66. The van der Waals surface area contributed by atoms with E-state index in [2.05, 4.69) is 0 Å². The van der Waals surface area contributed by atoms with Crippen molar-refractivity contribution in [2.75, 3.05) is 14.2 Å². The minimum Gasteiger partial charge on any atom is -0.507 e. The molecule has 0 amide bonds. The van der Waals surface area contributed by atoms with Crippen LogP contribution in [0.4, 0.5) is 0 Å². The van der Waals surface area contributed by atoms with Crippen molar-refractivity contribution in [1.82, 2.24) is 0 Å². The van der Waals surface area contributed by atoms with Crippen LogP contribution >= 0.6 is 0 Å². The molecule has 0 aromatic heterocycles. The van der Waals surface area contributed by atoms with Crippen LogP contribution in [0.1, 0.15) is 12.0 Å². The van der Waals surface area contributed by atoms with Gasteiger partial charge >= 0.3 is 0 Å². The highest BCUT2D eigenvalue weighted by molar-refractivity contribution is 5.99. The number of aromatic hydroxyl groups is 1. The molecule has 0 radical (unpaired) electrons. The van der Waals surface area contributed by atoms with Gasteiger partial charge in [-0.3, -0.25) is 10.1 Å². The highest BCUT2D eigenvalue weighted by Crippen LogP contribution is 2.36. The van der Waals surface area contributed by atoms with Crippen molar-refractivity contribution in [2.45, 2.75) is 12.8 Å². The summed E-state index contributed by atoms with van der Waals surface area (Å²) in [5.41, 5.74) is 0.0890. The van der Waals surface area contributed by atoms with E-state index >= 15 is 0 Å². The largest absolute Gasteiger partial charge is 0.507 e. The van der Waals surface area contributed by atoms with Gasteiger partial charge in [0.05, 0.1) is 31.3 Å². The Morgan fingerprint density at radius 2 is 2.00 bits per heavy atom. The van der Waals surface area contributed by atoms with Crippen LogP contribution in [-0.4, -0.2) is 35.1 Å². The zero-order valence-corrected chi connectivity index (χ0v) is 12.6. The first-order chi connectivity index (χ1) is 10.9. The van der Waals surface area contributed by atoms with Crippen molar-refractivity contribution in [1.29, 1.82) is 5.41 Å². The number of phenols is 1. The van der Waals surface area contributed by atoms with Gasteiger partial charge in [0, 0.05) is 35.8 Å². The lowest BCUT2D eigenvalue weighted by Gasteiger charge is -2.16. The number of nitrogens with zero attached hydrogens (tertiary/aromatic N) is 1. The Balaban J connectivity index is 2.47. The van der Waals surface area contributed by atoms with Gasteiger partial charge in [-0.25, -0.2) is 0 Å². The molecule has 23 heavy (non-hydrogen) atoms. The molecular formula is C15H16N2O6. The SMILES string of the molecule is COc1cc(O)c(CC2=C(O)C(=N)CC([N+](=O)[O-])=C2)c(OC)c1. The fourth-order valence-corrected chi connectivity index (χ4v) is 2.31. The molecule has 3 N–H and O–H groups in total. The maximum atomic E-state index is 10.9. The Morgan fingerprint density at radius 3 is 2.57 bits per heavy atom. The Morgan fingerprint density at radius 1 is 1.30 bits per heavy atom. The van der Waals surface area contributed by atoms with E-state index in [4.69, 9.17) is 14.9 Å². The number of allylic oxidation sites excluding steroid dienone is 4. The van der Waals surface area contributed by atoms with Crippen LogP contribution in [-0.2, 0) is 6.42 Å². The van der Waals surface area contributed by atoms with E-state index in [0.717, 1.165) is 0 Å². The molecular weight excluding hydrogens is 304 g/mol. The standard InChI is InChI=1S/C15H16N2O6/c1-22-10-6-13(18)11(14(7-10)23-2)4-8-3-9(17(20)21)5-12(16)15(8)19/h3,6-7,16,18-19H,4-5H2,1-2H3. The summed E-state index contributed by atoms with van der Waals surface area (Å²) in [6, 6.07) is 2.93. The predicted octanol–water partition coefficient (Wildman–Crippen LogP) is 2.35. The minimum atomic E-state index is -0.591. The predicted molar refractivity (Wildman–Crippen MR) is 82.0 cm³/mol. The molecule has 1 aromatic rings. The maximum Gasteiger partial charge on any atom is 0.252 e.